The van der Waals surface area contributed by atoms with Crippen LogP contribution in [0.2, 0.25) is 0 Å². The summed E-state index contributed by atoms with van der Waals surface area (Å²) in [4.78, 5) is 97.2. The number of carbonyl (C=O) groups excluding carboxylic acids is 8. The van der Waals surface area contributed by atoms with Gasteiger partial charge in [0.2, 0.25) is 0 Å². The van der Waals surface area contributed by atoms with Gasteiger partial charge < -0.3 is 37.9 Å². The number of nitrogens with zero attached hydrogens (tertiary/aromatic N) is 2. The number of ether oxygens (including phenoxy) is 8. The minimum atomic E-state index is -0.771. The maximum Gasteiger partial charge on any atom is 0.333 e. The van der Waals surface area contributed by atoms with E-state index >= 15 is 0 Å². The Balaban J connectivity index is 1.79. The number of aryl methyl sites for hydroxylation is 1. The quantitative estimate of drug-likeness (QED) is 0.0221. The van der Waals surface area contributed by atoms with Crippen molar-refractivity contribution < 1.29 is 76.3 Å². The number of hydrogen-bond acceptors (Lipinski definition) is 20. The Kier molecular flexibility index (Phi) is 24.6. The number of nitriles is 2. The molecule has 0 saturated carbocycles. The van der Waals surface area contributed by atoms with Crippen LogP contribution in [-0.4, -0.2) is 87.4 Å². The molecule has 0 radical (unpaired) electrons. The molecule has 0 spiro atoms. The predicted octanol–water partition coefficient (Wildman–Crippen LogP) is 6.35. The SMILES string of the molecule is C=C(C)C(=O)OCCOC(=O)CCCCCOC(=O)CCC(=O)Oc1cc(C)c(OC(=O)CCC(=O)OCCCCCC(=O)OCCOC(=O)C(=C)C)c2c1SC(=C(C#N)C#N)S2. The summed E-state index contributed by atoms with van der Waals surface area (Å²) >= 11 is 1.95. The van der Waals surface area contributed by atoms with Crippen LogP contribution in [0, 0.1) is 29.6 Å². The Hall–Kier alpha value is -6.12. The number of thioether (sulfide) groups is 2. The molecule has 0 fully saturated rings. The first-order valence-corrected chi connectivity index (χ1v) is 21.5. The van der Waals surface area contributed by atoms with Crippen LogP contribution >= 0.6 is 23.5 Å². The molecule has 18 nitrogen and oxygen atoms in total. The Bertz CT molecular complexity index is 2000. The summed E-state index contributed by atoms with van der Waals surface area (Å²) in [6, 6.07) is 5.06. The van der Waals surface area contributed by atoms with Gasteiger partial charge in [-0.15, -0.1) is 0 Å². The highest BCUT2D eigenvalue weighted by molar-refractivity contribution is 8.24. The molecule has 1 aromatic carbocycles. The molecule has 63 heavy (non-hydrogen) atoms. The van der Waals surface area contributed by atoms with Crippen LogP contribution < -0.4 is 9.47 Å². The van der Waals surface area contributed by atoms with E-state index < -0.39 is 47.8 Å². The Morgan fingerprint density at radius 2 is 0.921 bits per heavy atom. The molecule has 0 amide bonds. The van der Waals surface area contributed by atoms with Gasteiger partial charge in [0.1, 0.15) is 55.6 Å². The van der Waals surface area contributed by atoms with E-state index in [9.17, 15) is 48.9 Å². The zero-order chi connectivity index (χ0) is 46.7. The molecule has 0 bridgehead atoms. The molecule has 1 aromatic rings. The fourth-order valence-corrected chi connectivity index (χ4v) is 7.42. The van der Waals surface area contributed by atoms with Crippen molar-refractivity contribution >= 4 is 71.3 Å². The van der Waals surface area contributed by atoms with Gasteiger partial charge in [-0.2, -0.15) is 10.5 Å². The maximum absolute atomic E-state index is 12.9. The van der Waals surface area contributed by atoms with Crippen LogP contribution in [-0.2, 0) is 66.8 Å². The zero-order valence-electron chi connectivity index (χ0n) is 35.5. The highest BCUT2D eigenvalue weighted by Crippen LogP contribution is 2.59. The number of rotatable bonds is 28. The highest BCUT2D eigenvalue weighted by atomic mass is 32.2. The molecule has 1 heterocycles. The van der Waals surface area contributed by atoms with Crippen molar-refractivity contribution in [1.29, 1.82) is 10.5 Å². The minimum absolute atomic E-state index is 0.0527. The summed E-state index contributed by atoms with van der Waals surface area (Å²) in [5, 5.41) is 19.0. The third-order valence-electron chi connectivity index (χ3n) is 8.10. The average molecular weight is 915 g/mol. The van der Waals surface area contributed by atoms with Gasteiger partial charge >= 0.3 is 47.8 Å². The first-order valence-electron chi connectivity index (χ1n) is 19.8. The van der Waals surface area contributed by atoms with E-state index in [4.69, 9.17) is 37.9 Å². The van der Waals surface area contributed by atoms with Gasteiger partial charge in [0.15, 0.2) is 0 Å². The lowest BCUT2D eigenvalue weighted by Crippen LogP contribution is -2.15. The van der Waals surface area contributed by atoms with Crippen molar-refractivity contribution in [1.82, 2.24) is 0 Å². The fourth-order valence-electron chi connectivity index (χ4n) is 4.87. The van der Waals surface area contributed by atoms with Gasteiger partial charge in [-0.05, 0) is 70.9 Å². The molecule has 0 N–H and O–H groups in total. The van der Waals surface area contributed by atoms with E-state index in [0.717, 1.165) is 23.5 Å². The number of carbonyl (C=O) groups is 8. The van der Waals surface area contributed by atoms with E-state index in [-0.39, 0.29) is 111 Å². The lowest BCUT2D eigenvalue weighted by Gasteiger charge is -2.15. The molecule has 1 aliphatic heterocycles. The molecule has 0 unspecified atom stereocenters. The molecular weight excluding hydrogens is 865 g/mol. The van der Waals surface area contributed by atoms with Crippen LogP contribution in [0.25, 0.3) is 0 Å². The molecule has 2 rings (SSSR count). The lowest BCUT2D eigenvalue weighted by molar-refractivity contribution is -0.150. The van der Waals surface area contributed by atoms with E-state index in [1.807, 2.05) is 12.1 Å². The highest BCUT2D eigenvalue weighted by Gasteiger charge is 2.32. The standard InChI is InChI=1S/C43H50N2O16S2/c1-27(2)41(52)58-22-20-56-32(46)12-8-6-10-18-54-34(48)14-16-36(50)60-31-24-29(5)38(40-39(31)62-43(63-40)30(25-44)26-45)61-37(51)17-15-35(49)55-19-11-7-9-13-33(47)57-21-23-59-42(53)28(3)4/h24H,1,3,6-23H2,2,4-5H3. The van der Waals surface area contributed by atoms with Crippen molar-refractivity contribution in [2.45, 2.75) is 108 Å². The van der Waals surface area contributed by atoms with Crippen molar-refractivity contribution in [3.8, 4) is 23.6 Å². The normalized spacial score (nSPS) is 11.1. The van der Waals surface area contributed by atoms with Gasteiger partial charge in [-0.1, -0.05) is 36.7 Å². The number of allylic oxidation sites excluding steroid dienone is 1. The van der Waals surface area contributed by atoms with Crippen LogP contribution in [0.5, 0.6) is 11.5 Å². The predicted molar refractivity (Wildman–Crippen MR) is 223 cm³/mol. The van der Waals surface area contributed by atoms with Crippen LogP contribution in [0.1, 0.15) is 96.5 Å². The lowest BCUT2D eigenvalue weighted by atomic mass is 10.2. The van der Waals surface area contributed by atoms with Crippen molar-refractivity contribution in [3.05, 3.63) is 45.7 Å². The van der Waals surface area contributed by atoms with E-state index in [1.54, 1.807) is 6.92 Å². The van der Waals surface area contributed by atoms with Crippen molar-refractivity contribution in [2.75, 3.05) is 39.6 Å². The summed E-state index contributed by atoms with van der Waals surface area (Å²) in [6.07, 6.45) is 2.07. The first kappa shape index (κ1) is 53.0. The van der Waals surface area contributed by atoms with Crippen LogP contribution in [0.15, 0.2) is 50.0 Å². The average Bonchev–Trinajstić information content (AvgIpc) is 3.69. The first-order chi connectivity index (χ1) is 30.1. The van der Waals surface area contributed by atoms with E-state index in [1.165, 1.54) is 19.9 Å². The molecule has 20 heteroatoms. The Labute approximate surface area is 373 Å². The van der Waals surface area contributed by atoms with E-state index in [2.05, 4.69) is 13.2 Å². The largest absolute Gasteiger partial charge is 0.466 e. The number of unbranched alkanes of at least 4 members (excludes halogenated alkanes) is 4. The summed E-state index contributed by atoms with van der Waals surface area (Å²) in [5.41, 5.74) is 0.634. The topological polar surface area (TPSA) is 258 Å². The number of hydrogen-bond donors (Lipinski definition) is 0. The second kappa shape index (κ2) is 29.2. The smallest absolute Gasteiger partial charge is 0.333 e. The number of esters is 8. The molecular formula is C43H50N2O16S2. The zero-order valence-corrected chi connectivity index (χ0v) is 37.1. The van der Waals surface area contributed by atoms with Crippen LogP contribution in [0.4, 0.5) is 0 Å². The summed E-state index contributed by atoms with van der Waals surface area (Å²) in [6.45, 7) is 11.3. The Morgan fingerprint density at radius 1 is 0.524 bits per heavy atom. The number of fused-ring (bicyclic) bond motifs is 1. The monoisotopic (exact) mass is 914 g/mol. The Morgan fingerprint density at radius 3 is 1.38 bits per heavy atom. The molecule has 1 aliphatic rings. The fraction of sp³-hybridized carbons (Fsp3) is 0.488. The van der Waals surface area contributed by atoms with Gasteiger partial charge in [-0.3, -0.25) is 28.8 Å². The van der Waals surface area contributed by atoms with Gasteiger partial charge in [0.25, 0.3) is 0 Å². The molecule has 340 valence electrons. The second-order valence-corrected chi connectivity index (χ2v) is 15.9. The minimum Gasteiger partial charge on any atom is -0.466 e. The molecule has 0 atom stereocenters. The maximum atomic E-state index is 12.9. The van der Waals surface area contributed by atoms with E-state index in [0.29, 0.717) is 53.9 Å². The van der Waals surface area contributed by atoms with Crippen molar-refractivity contribution in [3.63, 3.8) is 0 Å². The van der Waals surface area contributed by atoms with Gasteiger partial charge in [-0.25, -0.2) is 9.59 Å². The second-order valence-electron chi connectivity index (χ2n) is 13.6. The van der Waals surface area contributed by atoms with Crippen molar-refractivity contribution in [2.24, 2.45) is 0 Å². The summed E-state index contributed by atoms with van der Waals surface area (Å²) in [5.74, 6) is -4.73. The molecule has 0 saturated heterocycles. The number of benzene rings is 1. The molecule has 0 aromatic heterocycles. The third kappa shape index (κ3) is 21.0. The third-order valence-corrected chi connectivity index (χ3v) is 10.7. The molecule has 0 aliphatic carbocycles. The van der Waals surface area contributed by atoms with Gasteiger partial charge in [0, 0.05) is 24.0 Å². The summed E-state index contributed by atoms with van der Waals surface area (Å²) in [7, 11) is 0. The van der Waals surface area contributed by atoms with Crippen LogP contribution in [0.3, 0.4) is 0 Å². The summed E-state index contributed by atoms with van der Waals surface area (Å²) < 4.78 is 41.5. The van der Waals surface area contributed by atoms with Gasteiger partial charge in [0.05, 0.1) is 52.9 Å².